The van der Waals surface area contributed by atoms with Crippen LogP contribution in [0, 0.1) is 5.92 Å². The summed E-state index contributed by atoms with van der Waals surface area (Å²) in [6.45, 7) is 10.7. The van der Waals surface area contributed by atoms with E-state index in [0.717, 1.165) is 0 Å². The maximum Gasteiger partial charge on any atom is 0.240 e. The quantitative estimate of drug-likeness (QED) is 0.648. The van der Waals surface area contributed by atoms with Gasteiger partial charge in [0.1, 0.15) is 0 Å². The molecule has 0 saturated heterocycles. The number of rotatable bonds is 5. The smallest absolute Gasteiger partial charge is 0.240 e. The van der Waals surface area contributed by atoms with Gasteiger partial charge in [-0.25, -0.2) is 0 Å². The zero-order valence-corrected chi connectivity index (χ0v) is 8.79. The molecule has 0 heterocycles. The van der Waals surface area contributed by atoms with E-state index in [1.807, 2.05) is 20.8 Å². The highest BCUT2D eigenvalue weighted by Crippen LogP contribution is 2.03. The van der Waals surface area contributed by atoms with Gasteiger partial charge in [0.15, 0.2) is 0 Å². The summed E-state index contributed by atoms with van der Waals surface area (Å²) in [5.74, 6) is 0.198. The Hall–Kier alpha value is -0.830. The third-order valence-electron chi connectivity index (χ3n) is 2.05. The summed E-state index contributed by atoms with van der Waals surface area (Å²) in [5.41, 5.74) is 5.74. The topological polar surface area (TPSA) is 46.3 Å². The summed E-state index contributed by atoms with van der Waals surface area (Å²) < 4.78 is 0. The molecule has 13 heavy (non-hydrogen) atoms. The predicted molar refractivity (Wildman–Crippen MR) is 55.3 cm³/mol. The Morgan fingerprint density at radius 3 is 2.46 bits per heavy atom. The maximum atomic E-state index is 11.7. The Labute approximate surface area is 80.6 Å². The van der Waals surface area contributed by atoms with E-state index in [1.165, 1.54) is 0 Å². The monoisotopic (exact) mass is 184 g/mol. The molecule has 0 aliphatic rings. The highest BCUT2D eigenvalue weighted by Gasteiger charge is 2.21. The fourth-order valence-corrected chi connectivity index (χ4v) is 1.03. The summed E-state index contributed by atoms with van der Waals surface area (Å²) in [6.07, 6.45) is 1.72. The number of hydrogen-bond acceptors (Lipinski definition) is 2. The number of likely N-dealkylation sites (N-methyl/N-ethyl adjacent to an activating group) is 1. The second kappa shape index (κ2) is 5.75. The second-order valence-electron chi connectivity index (χ2n) is 3.44. The molecule has 0 aromatic heterocycles. The van der Waals surface area contributed by atoms with E-state index in [0.29, 0.717) is 13.1 Å². The minimum atomic E-state index is -0.389. The Balaban J connectivity index is 4.27. The number of amides is 1. The normalized spacial score (nSPS) is 12.7. The van der Waals surface area contributed by atoms with Crippen LogP contribution < -0.4 is 5.73 Å². The third kappa shape index (κ3) is 3.59. The summed E-state index contributed by atoms with van der Waals surface area (Å²) in [6, 6.07) is -0.389. The molecule has 0 unspecified atom stereocenters. The third-order valence-corrected chi connectivity index (χ3v) is 2.05. The molecule has 3 nitrogen and oxygen atoms in total. The van der Waals surface area contributed by atoms with Gasteiger partial charge in [-0.1, -0.05) is 19.9 Å². The van der Waals surface area contributed by atoms with Crippen molar-refractivity contribution in [2.75, 3.05) is 13.1 Å². The van der Waals surface area contributed by atoms with Crippen LogP contribution in [-0.2, 0) is 4.79 Å². The van der Waals surface area contributed by atoms with Gasteiger partial charge in [-0.05, 0) is 12.8 Å². The summed E-state index contributed by atoms with van der Waals surface area (Å²) >= 11 is 0. The molecule has 0 aliphatic carbocycles. The molecule has 76 valence electrons. The average Bonchev–Trinajstić information content (AvgIpc) is 2.11. The average molecular weight is 184 g/mol. The molecule has 1 atom stereocenters. The molecular weight excluding hydrogens is 164 g/mol. The van der Waals surface area contributed by atoms with Gasteiger partial charge in [0.25, 0.3) is 0 Å². The Kier molecular flexibility index (Phi) is 5.39. The first-order valence-corrected chi connectivity index (χ1v) is 4.69. The molecule has 2 N–H and O–H groups in total. The zero-order valence-electron chi connectivity index (χ0n) is 8.79. The lowest BCUT2D eigenvalue weighted by atomic mass is 10.0. The van der Waals surface area contributed by atoms with E-state index in [4.69, 9.17) is 5.73 Å². The molecule has 1 amide bonds. The van der Waals surface area contributed by atoms with Gasteiger partial charge in [-0.15, -0.1) is 6.58 Å². The van der Waals surface area contributed by atoms with Gasteiger partial charge in [0.05, 0.1) is 6.04 Å². The Bertz CT molecular complexity index is 178. The van der Waals surface area contributed by atoms with Gasteiger partial charge in [-0.3, -0.25) is 4.79 Å². The summed E-state index contributed by atoms with van der Waals surface area (Å²) in [5, 5.41) is 0. The van der Waals surface area contributed by atoms with E-state index < -0.39 is 0 Å². The van der Waals surface area contributed by atoms with E-state index >= 15 is 0 Å². The van der Waals surface area contributed by atoms with Crippen LogP contribution in [0.25, 0.3) is 0 Å². The van der Waals surface area contributed by atoms with Crippen molar-refractivity contribution in [2.45, 2.75) is 26.8 Å². The van der Waals surface area contributed by atoms with Crippen LogP contribution in [0.4, 0.5) is 0 Å². The van der Waals surface area contributed by atoms with Crippen molar-refractivity contribution in [1.29, 1.82) is 0 Å². The second-order valence-corrected chi connectivity index (χ2v) is 3.44. The maximum absolute atomic E-state index is 11.7. The number of hydrogen-bond donors (Lipinski definition) is 1. The van der Waals surface area contributed by atoms with Gasteiger partial charge in [-0.2, -0.15) is 0 Å². The molecule has 0 saturated carbocycles. The van der Waals surface area contributed by atoms with E-state index in [-0.39, 0.29) is 17.9 Å². The van der Waals surface area contributed by atoms with E-state index in [9.17, 15) is 4.79 Å². The first-order valence-electron chi connectivity index (χ1n) is 4.69. The number of nitrogens with two attached hydrogens (primary N) is 1. The van der Waals surface area contributed by atoms with E-state index in [2.05, 4.69) is 6.58 Å². The Morgan fingerprint density at radius 2 is 2.15 bits per heavy atom. The van der Waals surface area contributed by atoms with Crippen LogP contribution in [0.2, 0.25) is 0 Å². The lowest BCUT2D eigenvalue weighted by molar-refractivity contribution is -0.132. The van der Waals surface area contributed by atoms with Crippen LogP contribution in [0.3, 0.4) is 0 Å². The fraction of sp³-hybridized carbons (Fsp3) is 0.700. The van der Waals surface area contributed by atoms with Crippen molar-refractivity contribution in [3.63, 3.8) is 0 Å². The first kappa shape index (κ1) is 12.2. The largest absolute Gasteiger partial charge is 0.338 e. The van der Waals surface area contributed by atoms with Gasteiger partial charge < -0.3 is 10.6 Å². The molecular formula is C10H20N2O. The van der Waals surface area contributed by atoms with Crippen LogP contribution in [0.15, 0.2) is 12.7 Å². The number of nitrogens with zero attached hydrogens (tertiary/aromatic N) is 1. The zero-order chi connectivity index (χ0) is 10.4. The van der Waals surface area contributed by atoms with Gasteiger partial charge >= 0.3 is 0 Å². The first-order chi connectivity index (χ1) is 6.04. The van der Waals surface area contributed by atoms with Crippen molar-refractivity contribution in [2.24, 2.45) is 11.7 Å². The minimum absolute atomic E-state index is 0.0115. The molecule has 0 aromatic rings. The lowest BCUT2D eigenvalue weighted by Crippen LogP contribution is -2.46. The van der Waals surface area contributed by atoms with Gasteiger partial charge in [0.2, 0.25) is 5.91 Å². The van der Waals surface area contributed by atoms with Crippen molar-refractivity contribution in [3.8, 4) is 0 Å². The molecule has 0 fully saturated rings. The van der Waals surface area contributed by atoms with Crippen molar-refractivity contribution >= 4 is 5.91 Å². The summed E-state index contributed by atoms with van der Waals surface area (Å²) in [4.78, 5) is 13.4. The molecule has 0 spiro atoms. The van der Waals surface area contributed by atoms with Crippen LogP contribution in [-0.4, -0.2) is 29.9 Å². The van der Waals surface area contributed by atoms with Crippen molar-refractivity contribution < 1.29 is 4.79 Å². The number of carbonyl (C=O) groups is 1. The van der Waals surface area contributed by atoms with E-state index in [1.54, 1.807) is 11.0 Å². The molecule has 0 aromatic carbocycles. The lowest BCUT2D eigenvalue weighted by Gasteiger charge is -2.24. The van der Waals surface area contributed by atoms with Crippen LogP contribution in [0.1, 0.15) is 20.8 Å². The number of carbonyl (C=O) groups excluding carboxylic acids is 1. The van der Waals surface area contributed by atoms with Crippen molar-refractivity contribution in [1.82, 2.24) is 4.90 Å². The highest BCUT2D eigenvalue weighted by molar-refractivity contribution is 5.82. The molecule has 0 bridgehead atoms. The standard InChI is InChI=1S/C10H20N2O/c1-5-7-12(6-2)10(13)9(11)8(3)4/h5,8-9H,1,6-7,11H2,2-4H3/t9-/m0/s1. The SMILES string of the molecule is C=CCN(CC)C(=O)[C@@H](N)C(C)C. The highest BCUT2D eigenvalue weighted by atomic mass is 16.2. The molecule has 0 rings (SSSR count). The summed E-state index contributed by atoms with van der Waals surface area (Å²) in [7, 11) is 0. The Morgan fingerprint density at radius 1 is 1.62 bits per heavy atom. The van der Waals surface area contributed by atoms with Crippen LogP contribution >= 0.6 is 0 Å². The molecule has 0 aliphatic heterocycles. The molecule has 3 heteroatoms. The predicted octanol–water partition coefficient (Wildman–Crippen LogP) is 1.00. The fourth-order valence-electron chi connectivity index (χ4n) is 1.03. The molecule has 0 radical (unpaired) electrons. The van der Waals surface area contributed by atoms with Gasteiger partial charge in [0, 0.05) is 13.1 Å². The minimum Gasteiger partial charge on any atom is -0.338 e. The van der Waals surface area contributed by atoms with Crippen LogP contribution in [0.5, 0.6) is 0 Å². The van der Waals surface area contributed by atoms with Crippen molar-refractivity contribution in [3.05, 3.63) is 12.7 Å².